The number of hydrogen-bond donors (Lipinski definition) is 3. The van der Waals surface area contributed by atoms with Crippen molar-refractivity contribution in [2.75, 3.05) is 11.9 Å². The number of carbonyl (C=O) groups excluding carboxylic acids is 1. The molecule has 168 valence electrons. The number of sulfonamides is 1. The van der Waals surface area contributed by atoms with Crippen LogP contribution in [-0.4, -0.2) is 25.8 Å². The lowest BCUT2D eigenvalue weighted by Crippen LogP contribution is -2.30. The Balaban J connectivity index is 1.67. The van der Waals surface area contributed by atoms with E-state index in [9.17, 15) is 23.3 Å². The van der Waals surface area contributed by atoms with Crippen LogP contribution in [0, 0.1) is 17.0 Å². The maximum Gasteiger partial charge on any atom is 0.293 e. The van der Waals surface area contributed by atoms with Crippen molar-refractivity contribution in [1.29, 1.82) is 0 Å². The number of nitro groups is 1. The number of hydrogen-bond acceptors (Lipinski definition) is 7. The van der Waals surface area contributed by atoms with Gasteiger partial charge in [0.15, 0.2) is 0 Å². The molecule has 1 heterocycles. The topological polar surface area (TPSA) is 144 Å². The molecule has 0 aliphatic carbocycles. The average Bonchev–Trinajstić information content (AvgIpc) is 3.26. The fraction of sp³-hybridized carbons (Fsp3) is 0.190. The molecule has 1 aromatic heterocycles. The van der Waals surface area contributed by atoms with Crippen molar-refractivity contribution in [2.24, 2.45) is 5.14 Å². The first-order valence-electron chi connectivity index (χ1n) is 9.59. The Morgan fingerprint density at radius 3 is 2.50 bits per heavy atom. The highest BCUT2D eigenvalue weighted by molar-refractivity contribution is 7.89. The fourth-order valence-electron chi connectivity index (χ4n) is 3.07. The minimum atomic E-state index is -4.07. The Hall–Kier alpha value is -3.28. The smallest absolute Gasteiger partial charge is 0.293 e. The molecular weight excluding hydrogens is 452 g/mol. The average molecular weight is 475 g/mol. The highest BCUT2D eigenvalue weighted by atomic mass is 32.2. The van der Waals surface area contributed by atoms with E-state index < -0.39 is 20.6 Å². The van der Waals surface area contributed by atoms with E-state index in [0.29, 0.717) is 0 Å². The molecule has 4 N–H and O–H groups in total. The summed E-state index contributed by atoms with van der Waals surface area (Å²) < 4.78 is 22.9. The zero-order valence-corrected chi connectivity index (χ0v) is 18.8. The van der Waals surface area contributed by atoms with Crippen LogP contribution in [0.3, 0.4) is 0 Å². The molecule has 1 amide bonds. The molecule has 0 saturated heterocycles. The van der Waals surface area contributed by atoms with Crippen LogP contribution in [0.2, 0.25) is 0 Å². The number of nitrogens with one attached hydrogen (secondary N) is 2. The second-order valence-corrected chi connectivity index (χ2v) is 9.63. The number of aryl methyl sites for hydroxylation is 1. The van der Waals surface area contributed by atoms with Gasteiger partial charge in [0.1, 0.15) is 5.69 Å². The Kier molecular flexibility index (Phi) is 7.23. The maximum absolute atomic E-state index is 12.6. The van der Waals surface area contributed by atoms with E-state index in [1.165, 1.54) is 23.5 Å². The molecule has 2 aromatic carbocycles. The largest absolute Gasteiger partial charge is 0.379 e. The van der Waals surface area contributed by atoms with Crippen LogP contribution in [0.25, 0.3) is 0 Å². The summed E-state index contributed by atoms with van der Waals surface area (Å²) in [5.41, 5.74) is 1.73. The highest BCUT2D eigenvalue weighted by Gasteiger charge is 2.20. The lowest BCUT2D eigenvalue weighted by molar-refractivity contribution is -0.384. The predicted octanol–water partition coefficient (Wildman–Crippen LogP) is 3.32. The second kappa shape index (κ2) is 9.90. The van der Waals surface area contributed by atoms with Gasteiger partial charge < -0.3 is 10.6 Å². The Bertz CT molecular complexity index is 1210. The van der Waals surface area contributed by atoms with Crippen molar-refractivity contribution in [2.45, 2.75) is 24.3 Å². The van der Waals surface area contributed by atoms with Gasteiger partial charge in [0.2, 0.25) is 15.9 Å². The van der Waals surface area contributed by atoms with Crippen LogP contribution in [-0.2, 0) is 14.8 Å². The first kappa shape index (κ1) is 23.4. The summed E-state index contributed by atoms with van der Waals surface area (Å²) in [6.07, 6.45) is 0.0574. The van der Waals surface area contributed by atoms with Crippen molar-refractivity contribution in [3.8, 4) is 0 Å². The summed E-state index contributed by atoms with van der Waals surface area (Å²) in [5.74, 6) is -0.236. The number of nitrogens with zero attached hydrogens (tertiary/aromatic N) is 1. The first-order chi connectivity index (χ1) is 15.1. The number of carbonyl (C=O) groups is 1. The minimum absolute atomic E-state index is 0.0574. The zero-order chi connectivity index (χ0) is 23.3. The number of anilines is 1. The number of primary sulfonamides is 1. The van der Waals surface area contributed by atoms with Crippen LogP contribution >= 0.6 is 11.3 Å². The minimum Gasteiger partial charge on any atom is -0.379 e. The third-order valence-corrected chi connectivity index (χ3v) is 6.55. The third kappa shape index (κ3) is 5.90. The number of thiophene rings is 1. The molecular formula is C21H22N4O5S2. The van der Waals surface area contributed by atoms with E-state index in [1.807, 2.05) is 48.7 Å². The van der Waals surface area contributed by atoms with Crippen LogP contribution in [0.4, 0.5) is 11.4 Å². The van der Waals surface area contributed by atoms with E-state index in [2.05, 4.69) is 10.6 Å². The van der Waals surface area contributed by atoms with Crippen LogP contribution in [0.1, 0.15) is 28.5 Å². The van der Waals surface area contributed by atoms with Crippen LogP contribution in [0.5, 0.6) is 0 Å². The van der Waals surface area contributed by atoms with Crippen molar-refractivity contribution >= 4 is 38.6 Å². The molecule has 1 unspecified atom stereocenters. The standard InChI is InChI=1S/C21H22N4O5S2/c1-14-4-6-15(7-5-14)21(19-3-2-12-31-19)24-20(26)10-11-23-17-9-8-16(32(22,29)30)13-18(17)25(27)28/h2-9,12-13,21,23H,10-11H2,1H3,(H,24,26)(H2,22,29,30). The Morgan fingerprint density at radius 2 is 1.91 bits per heavy atom. The molecule has 3 rings (SSSR count). The molecule has 0 aliphatic heterocycles. The van der Waals surface area contributed by atoms with Crippen molar-refractivity contribution in [1.82, 2.24) is 5.32 Å². The number of nitrogens with two attached hydrogens (primary N) is 1. The van der Waals surface area contributed by atoms with Gasteiger partial charge in [0.25, 0.3) is 5.69 Å². The molecule has 0 saturated carbocycles. The van der Waals surface area contributed by atoms with Gasteiger partial charge in [-0.25, -0.2) is 13.6 Å². The number of nitro benzene ring substituents is 1. The van der Waals surface area contributed by atoms with Crippen molar-refractivity contribution in [3.05, 3.63) is 86.1 Å². The molecule has 9 nitrogen and oxygen atoms in total. The van der Waals surface area contributed by atoms with Gasteiger partial charge in [0.05, 0.1) is 15.9 Å². The first-order valence-corrected chi connectivity index (χ1v) is 12.0. The van der Waals surface area contributed by atoms with Crippen LogP contribution in [0.15, 0.2) is 64.9 Å². The predicted molar refractivity (Wildman–Crippen MR) is 123 cm³/mol. The maximum atomic E-state index is 12.6. The molecule has 0 bridgehead atoms. The lowest BCUT2D eigenvalue weighted by atomic mass is 10.0. The summed E-state index contributed by atoms with van der Waals surface area (Å²) in [7, 11) is -4.07. The molecule has 0 aliphatic rings. The van der Waals surface area contributed by atoms with Gasteiger partial charge >= 0.3 is 0 Å². The molecule has 0 spiro atoms. The summed E-state index contributed by atoms with van der Waals surface area (Å²) in [4.78, 5) is 23.8. The molecule has 0 radical (unpaired) electrons. The quantitative estimate of drug-likeness (QED) is 0.320. The van der Waals surface area contributed by atoms with Gasteiger partial charge in [-0.05, 0) is 36.1 Å². The molecule has 11 heteroatoms. The summed E-state index contributed by atoms with van der Waals surface area (Å²) >= 11 is 1.54. The molecule has 0 fully saturated rings. The fourth-order valence-corrected chi connectivity index (χ4v) is 4.40. The number of rotatable bonds is 9. The second-order valence-electron chi connectivity index (χ2n) is 7.08. The van der Waals surface area contributed by atoms with E-state index in [0.717, 1.165) is 22.1 Å². The number of benzene rings is 2. The zero-order valence-electron chi connectivity index (χ0n) is 17.1. The van der Waals surface area contributed by atoms with Crippen molar-refractivity contribution in [3.63, 3.8) is 0 Å². The third-order valence-electron chi connectivity index (χ3n) is 4.71. The molecule has 32 heavy (non-hydrogen) atoms. The van der Waals surface area contributed by atoms with E-state index in [1.54, 1.807) is 0 Å². The SMILES string of the molecule is Cc1ccc(C(NC(=O)CCNc2ccc(S(N)(=O)=O)cc2[N+](=O)[O-])c2cccs2)cc1. The van der Waals surface area contributed by atoms with Gasteiger partial charge in [-0.15, -0.1) is 11.3 Å². The van der Waals surface area contributed by atoms with E-state index >= 15 is 0 Å². The number of amides is 1. The Labute approximate surface area is 189 Å². The monoisotopic (exact) mass is 474 g/mol. The van der Waals surface area contributed by atoms with Gasteiger partial charge in [-0.1, -0.05) is 35.9 Å². The van der Waals surface area contributed by atoms with E-state index in [4.69, 9.17) is 5.14 Å². The summed E-state index contributed by atoms with van der Waals surface area (Å²) in [6.45, 7) is 2.11. The molecule has 1 atom stereocenters. The van der Waals surface area contributed by atoms with Gasteiger partial charge in [-0.3, -0.25) is 14.9 Å². The highest BCUT2D eigenvalue weighted by Crippen LogP contribution is 2.28. The Morgan fingerprint density at radius 1 is 1.19 bits per heavy atom. The van der Waals surface area contributed by atoms with Gasteiger partial charge in [0, 0.05) is 23.9 Å². The van der Waals surface area contributed by atoms with E-state index in [-0.39, 0.29) is 35.5 Å². The summed E-state index contributed by atoms with van der Waals surface area (Å²) in [5, 5.41) is 24.1. The van der Waals surface area contributed by atoms with Crippen LogP contribution < -0.4 is 15.8 Å². The summed E-state index contributed by atoms with van der Waals surface area (Å²) in [6, 6.07) is 14.8. The normalized spacial score (nSPS) is 12.2. The lowest BCUT2D eigenvalue weighted by Gasteiger charge is -2.18. The molecule has 3 aromatic rings. The van der Waals surface area contributed by atoms with Crippen molar-refractivity contribution < 1.29 is 18.1 Å². The van der Waals surface area contributed by atoms with Gasteiger partial charge in [-0.2, -0.15) is 0 Å².